The number of esters is 1. The Bertz CT molecular complexity index is 857. The molecule has 230 valence electrons. The van der Waals surface area contributed by atoms with E-state index in [1.165, 1.54) is 90.6 Å². The van der Waals surface area contributed by atoms with Crippen LogP contribution in [0.2, 0.25) is 0 Å². The predicted molar refractivity (Wildman–Crippen MR) is 164 cm³/mol. The highest BCUT2D eigenvalue weighted by Crippen LogP contribution is 2.27. The molecule has 0 aliphatic rings. The number of carboxylic acids is 1. The van der Waals surface area contributed by atoms with E-state index in [4.69, 9.17) is 9.84 Å². The van der Waals surface area contributed by atoms with E-state index in [1.807, 2.05) is 13.8 Å². The summed E-state index contributed by atoms with van der Waals surface area (Å²) in [4.78, 5) is 35.9. The molecule has 6 nitrogen and oxygen atoms in total. The number of aromatic nitrogens is 1. The Balaban J connectivity index is 2.42. The molecule has 0 aliphatic heterocycles. The lowest BCUT2D eigenvalue weighted by Crippen LogP contribution is -2.09. The van der Waals surface area contributed by atoms with Crippen molar-refractivity contribution in [2.24, 2.45) is 0 Å². The van der Waals surface area contributed by atoms with Crippen LogP contribution in [0, 0.1) is 13.8 Å². The number of hydrogen-bond donors (Lipinski definition) is 1. The van der Waals surface area contributed by atoms with Gasteiger partial charge in [-0.1, -0.05) is 103 Å². The largest absolute Gasteiger partial charge is 0.481 e. The van der Waals surface area contributed by atoms with Gasteiger partial charge in [0, 0.05) is 36.3 Å². The van der Waals surface area contributed by atoms with E-state index in [2.05, 4.69) is 11.5 Å². The molecule has 0 aliphatic carbocycles. The number of ketones is 1. The van der Waals surface area contributed by atoms with Gasteiger partial charge >= 0.3 is 11.9 Å². The number of methoxy groups -OCH3 is 1. The lowest BCUT2D eigenvalue weighted by atomic mass is 9.99. The van der Waals surface area contributed by atoms with E-state index in [1.54, 1.807) is 0 Å². The van der Waals surface area contributed by atoms with E-state index in [0.29, 0.717) is 19.3 Å². The first-order valence-electron chi connectivity index (χ1n) is 16.3. The highest BCUT2D eigenvalue weighted by molar-refractivity contribution is 5.99. The summed E-state index contributed by atoms with van der Waals surface area (Å²) in [5.74, 6) is -0.816. The minimum atomic E-state index is -0.765. The molecule has 0 fully saturated rings. The zero-order valence-corrected chi connectivity index (χ0v) is 26.3. The lowest BCUT2D eigenvalue weighted by molar-refractivity contribution is -0.140. The van der Waals surface area contributed by atoms with Crippen LogP contribution in [0.1, 0.15) is 169 Å². The van der Waals surface area contributed by atoms with Crippen molar-refractivity contribution in [1.82, 2.24) is 4.57 Å². The monoisotopic (exact) mass is 561 g/mol. The van der Waals surface area contributed by atoms with Crippen LogP contribution >= 0.6 is 0 Å². The van der Waals surface area contributed by atoms with Gasteiger partial charge in [-0.15, -0.1) is 0 Å². The number of unbranched alkanes of at least 4 members (excludes halogenated alkanes) is 16. The number of nitrogens with zero attached hydrogens (tertiary/aromatic N) is 1. The summed E-state index contributed by atoms with van der Waals surface area (Å²) in [5, 5.41) is 8.88. The third kappa shape index (κ3) is 15.0. The maximum Gasteiger partial charge on any atom is 0.305 e. The molecule has 40 heavy (non-hydrogen) atoms. The number of hydrogen-bond acceptors (Lipinski definition) is 4. The van der Waals surface area contributed by atoms with Gasteiger partial charge in [0.25, 0.3) is 0 Å². The van der Waals surface area contributed by atoms with Crippen molar-refractivity contribution < 1.29 is 24.2 Å². The zero-order valence-electron chi connectivity index (χ0n) is 26.3. The van der Waals surface area contributed by atoms with Gasteiger partial charge in [-0.3, -0.25) is 14.4 Å². The molecule has 0 amide bonds. The molecule has 0 unspecified atom stereocenters. The van der Waals surface area contributed by atoms with Gasteiger partial charge < -0.3 is 14.4 Å². The van der Waals surface area contributed by atoms with Crippen LogP contribution in [0.15, 0.2) is 0 Å². The van der Waals surface area contributed by atoms with Gasteiger partial charge in [-0.2, -0.15) is 0 Å². The van der Waals surface area contributed by atoms with Crippen molar-refractivity contribution in [3.8, 4) is 0 Å². The number of ether oxygens (including phenoxy) is 1. The SMILES string of the molecule is CCCCCCCCCCCCCCCCCC(=O)c1c(C)c(CCC(=O)OC)n(CCCCCC(=O)O)c1C. The minimum absolute atomic E-state index is 0.182. The molecule has 0 atom stereocenters. The van der Waals surface area contributed by atoms with E-state index in [0.717, 1.165) is 54.7 Å². The molecule has 0 aromatic carbocycles. The Kier molecular flexibility index (Phi) is 20.3. The van der Waals surface area contributed by atoms with Gasteiger partial charge in [0.05, 0.1) is 13.5 Å². The van der Waals surface area contributed by atoms with Crippen LogP contribution in [0.3, 0.4) is 0 Å². The molecule has 0 spiro atoms. The first-order chi connectivity index (χ1) is 19.3. The second kappa shape index (κ2) is 22.6. The quantitative estimate of drug-likeness (QED) is 0.0692. The van der Waals surface area contributed by atoms with Crippen molar-refractivity contribution in [1.29, 1.82) is 0 Å². The number of Topliss-reactive ketones (excluding diaryl/α,β-unsaturated/α-hetero) is 1. The third-order valence-electron chi connectivity index (χ3n) is 8.25. The van der Waals surface area contributed by atoms with Crippen LogP contribution in [0.4, 0.5) is 0 Å². The topological polar surface area (TPSA) is 85.6 Å². The molecular weight excluding hydrogens is 502 g/mol. The zero-order chi connectivity index (χ0) is 29.6. The van der Waals surface area contributed by atoms with Gasteiger partial charge in [0.15, 0.2) is 5.78 Å². The smallest absolute Gasteiger partial charge is 0.305 e. The molecule has 1 aromatic rings. The molecular formula is C34H59NO5. The number of carbonyl (C=O) groups is 3. The van der Waals surface area contributed by atoms with E-state index in [9.17, 15) is 14.4 Å². The number of carboxylic acid groups (broad SMARTS) is 1. The summed E-state index contributed by atoms with van der Waals surface area (Å²) >= 11 is 0. The van der Waals surface area contributed by atoms with Gasteiger partial charge in [-0.25, -0.2) is 0 Å². The second-order valence-electron chi connectivity index (χ2n) is 11.6. The Morgan fingerprint density at radius 1 is 0.675 bits per heavy atom. The summed E-state index contributed by atoms with van der Waals surface area (Å²) in [7, 11) is 1.40. The second-order valence-corrected chi connectivity index (χ2v) is 11.6. The van der Waals surface area contributed by atoms with Crippen molar-refractivity contribution >= 4 is 17.7 Å². The third-order valence-corrected chi connectivity index (χ3v) is 8.25. The van der Waals surface area contributed by atoms with Gasteiger partial charge in [-0.05, 0) is 45.1 Å². The first-order valence-corrected chi connectivity index (χ1v) is 16.3. The summed E-state index contributed by atoms with van der Waals surface area (Å²) < 4.78 is 7.02. The highest BCUT2D eigenvalue weighted by Gasteiger charge is 2.22. The summed E-state index contributed by atoms with van der Waals surface area (Å²) in [5.41, 5.74) is 3.80. The minimum Gasteiger partial charge on any atom is -0.481 e. The molecule has 0 bridgehead atoms. The average molecular weight is 562 g/mol. The summed E-state index contributed by atoms with van der Waals surface area (Å²) in [6.07, 6.45) is 23.5. The Morgan fingerprint density at radius 3 is 1.65 bits per heavy atom. The Labute approximate surface area is 244 Å². The van der Waals surface area contributed by atoms with Crippen molar-refractivity contribution in [3.63, 3.8) is 0 Å². The number of aliphatic carboxylic acids is 1. The van der Waals surface area contributed by atoms with Crippen LogP contribution < -0.4 is 0 Å². The van der Waals surface area contributed by atoms with Crippen molar-refractivity contribution in [2.45, 2.75) is 169 Å². The Hall–Kier alpha value is -2.11. The molecule has 6 heteroatoms. The molecule has 1 heterocycles. The Morgan fingerprint density at radius 2 is 1.15 bits per heavy atom. The molecule has 1 N–H and O–H groups in total. The lowest BCUT2D eigenvalue weighted by Gasteiger charge is -2.12. The van der Waals surface area contributed by atoms with E-state index < -0.39 is 5.97 Å². The van der Waals surface area contributed by atoms with Crippen molar-refractivity contribution in [3.05, 3.63) is 22.5 Å². The van der Waals surface area contributed by atoms with Crippen LogP contribution in [0.5, 0.6) is 0 Å². The molecule has 0 saturated carbocycles. The molecule has 1 aromatic heterocycles. The summed E-state index contributed by atoms with van der Waals surface area (Å²) in [6.45, 7) is 7.01. The van der Waals surface area contributed by atoms with Crippen LogP contribution in [-0.4, -0.2) is 34.5 Å². The number of carbonyl (C=O) groups excluding carboxylic acids is 2. The standard InChI is InChI=1S/C34H59NO5/c1-5-6-7-8-9-10-11-12-13-14-15-16-17-18-20-23-31(36)34-28(2)30(25-26-33(39)40-4)35(29(34)3)27-22-19-21-24-32(37)38/h5-27H2,1-4H3,(H,37,38). The average Bonchev–Trinajstić information content (AvgIpc) is 3.17. The maximum atomic E-state index is 13.3. The normalized spacial score (nSPS) is 11.2. The fraction of sp³-hybridized carbons (Fsp3) is 0.794. The fourth-order valence-corrected chi connectivity index (χ4v) is 5.82. The van der Waals surface area contributed by atoms with Gasteiger partial charge in [0.2, 0.25) is 0 Å². The fourth-order valence-electron chi connectivity index (χ4n) is 5.82. The van der Waals surface area contributed by atoms with E-state index >= 15 is 0 Å². The van der Waals surface area contributed by atoms with Crippen molar-refractivity contribution in [2.75, 3.05) is 7.11 Å². The predicted octanol–water partition coefficient (Wildman–Crippen LogP) is 9.30. The maximum absolute atomic E-state index is 13.3. The number of rotatable bonds is 26. The van der Waals surface area contributed by atoms with Crippen LogP contribution in [-0.2, 0) is 27.3 Å². The molecule has 1 rings (SSSR count). The molecule has 0 radical (unpaired) electrons. The first kappa shape index (κ1) is 35.9. The molecule has 0 saturated heterocycles. The van der Waals surface area contributed by atoms with Crippen LogP contribution in [0.25, 0.3) is 0 Å². The summed E-state index contributed by atoms with van der Waals surface area (Å²) in [6, 6.07) is 0. The van der Waals surface area contributed by atoms with E-state index in [-0.39, 0.29) is 24.6 Å². The van der Waals surface area contributed by atoms with Gasteiger partial charge in [0.1, 0.15) is 0 Å². The highest BCUT2D eigenvalue weighted by atomic mass is 16.5.